The SMILES string of the molecule is C[C@H](N)CCCc1cc(OC(F)(F)F)c(F)c(-c2cc3cn(-c4ccc(C[C@H](N)CCCN=C(N)N)cc4)c(=O)nc3[nH]2)c1. The lowest BCUT2D eigenvalue weighted by atomic mass is 10.0. The number of nitrogens with one attached hydrogen (secondary N) is 1. The van der Waals surface area contributed by atoms with Crippen LogP contribution in [0, 0.1) is 5.82 Å². The second-order valence-electron chi connectivity index (χ2n) is 10.8. The Hall–Kier alpha value is -4.43. The highest BCUT2D eigenvalue weighted by Crippen LogP contribution is 2.35. The van der Waals surface area contributed by atoms with Crippen molar-refractivity contribution in [3.8, 4) is 22.7 Å². The molecule has 0 aliphatic rings. The van der Waals surface area contributed by atoms with Gasteiger partial charge in [-0.1, -0.05) is 12.1 Å². The summed E-state index contributed by atoms with van der Waals surface area (Å²) in [5.41, 5.74) is 24.2. The number of aromatic nitrogens is 3. The second kappa shape index (κ2) is 13.9. The number of aliphatic imine (C=N–C) groups is 1. The van der Waals surface area contributed by atoms with E-state index in [9.17, 15) is 18.0 Å². The minimum absolute atomic E-state index is 0.0442. The zero-order valence-corrected chi connectivity index (χ0v) is 24.2. The van der Waals surface area contributed by atoms with E-state index >= 15 is 4.39 Å². The predicted molar refractivity (Wildman–Crippen MR) is 162 cm³/mol. The maximum Gasteiger partial charge on any atom is 0.573 e. The van der Waals surface area contributed by atoms with Gasteiger partial charge >= 0.3 is 12.1 Å². The summed E-state index contributed by atoms with van der Waals surface area (Å²) in [7, 11) is 0. The standard InChI is InChI=1S/C30H36F4N8O2/c1-17(35)4-2-5-19-13-23(26(31)25(14-19)44-30(32,33)34)24-15-20-16-42(29(43)41-27(20)40-24)22-9-7-18(8-10-22)12-21(36)6-3-11-39-28(37)38/h7-10,13-17,21H,2-6,11-12,35-36H2,1H3,(H4,37,38,39)(H,40,41,43)/t17-,21+/m0/s1. The molecule has 0 aliphatic heterocycles. The molecule has 2 heterocycles. The van der Waals surface area contributed by atoms with Crippen molar-refractivity contribution in [1.29, 1.82) is 0 Å². The maximum atomic E-state index is 15.3. The van der Waals surface area contributed by atoms with Gasteiger partial charge in [0.2, 0.25) is 0 Å². The normalized spacial score (nSPS) is 13.2. The number of nitrogens with two attached hydrogens (primary N) is 4. The van der Waals surface area contributed by atoms with Crippen LogP contribution in [0.25, 0.3) is 28.0 Å². The van der Waals surface area contributed by atoms with Crippen LogP contribution in [-0.4, -0.2) is 45.5 Å². The molecular weight excluding hydrogens is 580 g/mol. The number of aromatic amines is 1. The molecule has 0 saturated heterocycles. The fraction of sp³-hybridized carbons (Fsp3) is 0.367. The summed E-state index contributed by atoms with van der Waals surface area (Å²) in [6.07, 6.45) is 0.140. The third kappa shape index (κ3) is 8.80. The van der Waals surface area contributed by atoms with Gasteiger partial charge in [-0.05, 0) is 86.9 Å². The van der Waals surface area contributed by atoms with E-state index in [4.69, 9.17) is 22.9 Å². The Labute approximate surface area is 251 Å². The maximum absolute atomic E-state index is 15.3. The Morgan fingerprint density at radius 3 is 2.45 bits per heavy atom. The molecule has 0 aliphatic carbocycles. The van der Waals surface area contributed by atoms with Gasteiger partial charge in [-0.2, -0.15) is 4.98 Å². The lowest BCUT2D eigenvalue weighted by Crippen LogP contribution is -2.25. The quantitative estimate of drug-likeness (QED) is 0.0652. The molecule has 44 heavy (non-hydrogen) atoms. The molecule has 0 unspecified atom stereocenters. The summed E-state index contributed by atoms with van der Waals surface area (Å²) in [6.45, 7) is 2.33. The fourth-order valence-corrected chi connectivity index (χ4v) is 4.91. The van der Waals surface area contributed by atoms with E-state index in [0.717, 1.165) is 24.5 Å². The van der Waals surface area contributed by atoms with E-state index in [1.54, 1.807) is 12.1 Å². The van der Waals surface area contributed by atoms with E-state index in [0.29, 0.717) is 48.9 Å². The van der Waals surface area contributed by atoms with Gasteiger partial charge in [0, 0.05) is 35.8 Å². The van der Waals surface area contributed by atoms with Crippen molar-refractivity contribution in [2.24, 2.45) is 27.9 Å². The van der Waals surface area contributed by atoms with Crippen LogP contribution >= 0.6 is 0 Å². The van der Waals surface area contributed by atoms with Crippen molar-refractivity contribution in [2.45, 2.75) is 63.9 Å². The number of fused-ring (bicyclic) bond motifs is 1. The Bertz CT molecular complexity index is 1660. The van der Waals surface area contributed by atoms with Gasteiger partial charge in [0.25, 0.3) is 0 Å². The number of hydrogen-bond acceptors (Lipinski definition) is 6. The number of alkyl halides is 3. The molecule has 4 aromatic rings. The van der Waals surface area contributed by atoms with Gasteiger partial charge in [0.05, 0.1) is 11.4 Å². The zero-order chi connectivity index (χ0) is 32.0. The van der Waals surface area contributed by atoms with Gasteiger partial charge in [0.1, 0.15) is 5.65 Å². The van der Waals surface area contributed by atoms with E-state index < -0.39 is 23.6 Å². The minimum atomic E-state index is -5.08. The van der Waals surface area contributed by atoms with Crippen LogP contribution in [-0.2, 0) is 12.8 Å². The van der Waals surface area contributed by atoms with Gasteiger partial charge < -0.3 is 32.7 Å². The number of aryl methyl sites for hydroxylation is 1. The molecule has 2 atom stereocenters. The zero-order valence-electron chi connectivity index (χ0n) is 24.2. The van der Waals surface area contributed by atoms with Crippen LogP contribution in [0.15, 0.2) is 58.4 Å². The number of halogens is 4. The number of guanidine groups is 1. The highest BCUT2D eigenvalue weighted by atomic mass is 19.4. The average molecular weight is 617 g/mol. The molecule has 2 aromatic heterocycles. The largest absolute Gasteiger partial charge is 0.573 e. The van der Waals surface area contributed by atoms with Crippen LogP contribution in [0.5, 0.6) is 5.75 Å². The first-order chi connectivity index (χ1) is 20.8. The summed E-state index contributed by atoms with van der Waals surface area (Å²) in [5.74, 6) is -2.08. The average Bonchev–Trinajstić information content (AvgIpc) is 3.34. The van der Waals surface area contributed by atoms with Crippen molar-refractivity contribution in [1.82, 2.24) is 14.5 Å². The summed E-state index contributed by atoms with van der Waals surface area (Å²) < 4.78 is 59.8. The molecular formula is C30H36F4N8O2. The van der Waals surface area contributed by atoms with Gasteiger partial charge in [0.15, 0.2) is 17.5 Å². The first-order valence-corrected chi connectivity index (χ1v) is 14.2. The number of rotatable bonds is 13. The van der Waals surface area contributed by atoms with Gasteiger partial charge in [-0.25, -0.2) is 9.18 Å². The van der Waals surface area contributed by atoms with Crippen LogP contribution in [0.3, 0.4) is 0 Å². The molecule has 10 nitrogen and oxygen atoms in total. The topological polar surface area (TPSA) is 176 Å². The Morgan fingerprint density at radius 1 is 1.07 bits per heavy atom. The Balaban J connectivity index is 1.59. The highest BCUT2D eigenvalue weighted by Gasteiger charge is 2.33. The second-order valence-corrected chi connectivity index (χ2v) is 10.8. The number of H-pyrrole nitrogens is 1. The first-order valence-electron chi connectivity index (χ1n) is 14.2. The fourth-order valence-electron chi connectivity index (χ4n) is 4.91. The number of ether oxygens (including phenoxy) is 1. The van der Waals surface area contributed by atoms with E-state index in [-0.39, 0.29) is 34.9 Å². The van der Waals surface area contributed by atoms with Crippen LogP contribution < -0.4 is 33.4 Å². The van der Waals surface area contributed by atoms with Crippen LogP contribution in [0.2, 0.25) is 0 Å². The Morgan fingerprint density at radius 2 is 1.80 bits per heavy atom. The molecule has 0 radical (unpaired) electrons. The number of benzene rings is 2. The van der Waals surface area contributed by atoms with Crippen molar-refractivity contribution in [2.75, 3.05) is 6.54 Å². The smallest absolute Gasteiger partial charge is 0.403 e. The molecule has 0 fully saturated rings. The van der Waals surface area contributed by atoms with Gasteiger partial charge in [-0.3, -0.25) is 9.56 Å². The first kappa shape index (κ1) is 32.5. The summed E-state index contributed by atoms with van der Waals surface area (Å²) in [6, 6.07) is 11.1. The van der Waals surface area contributed by atoms with Crippen LogP contribution in [0.4, 0.5) is 17.6 Å². The third-order valence-electron chi connectivity index (χ3n) is 6.99. The molecule has 14 heteroatoms. The lowest BCUT2D eigenvalue weighted by molar-refractivity contribution is -0.275. The van der Waals surface area contributed by atoms with E-state index in [1.807, 2.05) is 19.1 Å². The van der Waals surface area contributed by atoms with Crippen LogP contribution in [0.1, 0.15) is 43.7 Å². The molecule has 2 aromatic carbocycles. The summed E-state index contributed by atoms with van der Waals surface area (Å²) in [5, 5.41) is 0.450. The minimum Gasteiger partial charge on any atom is -0.403 e. The summed E-state index contributed by atoms with van der Waals surface area (Å²) in [4.78, 5) is 23.8. The number of hydrogen-bond donors (Lipinski definition) is 5. The lowest BCUT2D eigenvalue weighted by Gasteiger charge is -2.14. The van der Waals surface area contributed by atoms with Crippen molar-refractivity contribution >= 4 is 17.0 Å². The molecule has 9 N–H and O–H groups in total. The molecule has 0 amide bonds. The van der Waals surface area contributed by atoms with Crippen molar-refractivity contribution in [3.63, 3.8) is 0 Å². The predicted octanol–water partition coefficient (Wildman–Crippen LogP) is 4.01. The van der Waals surface area contributed by atoms with E-state index in [2.05, 4.69) is 19.7 Å². The van der Waals surface area contributed by atoms with Crippen molar-refractivity contribution < 1.29 is 22.3 Å². The molecule has 4 rings (SSSR count). The molecule has 236 valence electrons. The van der Waals surface area contributed by atoms with Gasteiger partial charge in [-0.15, -0.1) is 13.2 Å². The monoisotopic (exact) mass is 616 g/mol. The summed E-state index contributed by atoms with van der Waals surface area (Å²) >= 11 is 0. The van der Waals surface area contributed by atoms with Crippen molar-refractivity contribution in [3.05, 3.63) is 76.1 Å². The molecule has 0 bridgehead atoms. The number of nitrogens with zero attached hydrogens (tertiary/aromatic N) is 3. The molecule has 0 saturated carbocycles. The Kier molecular flexibility index (Phi) is 10.3. The third-order valence-corrected chi connectivity index (χ3v) is 6.99. The highest BCUT2D eigenvalue weighted by molar-refractivity contribution is 5.83. The van der Waals surface area contributed by atoms with E-state index in [1.165, 1.54) is 22.9 Å². The molecule has 0 spiro atoms.